The second kappa shape index (κ2) is 6.38. The van der Waals surface area contributed by atoms with Crippen LogP contribution in [0.1, 0.15) is 31.4 Å². The van der Waals surface area contributed by atoms with E-state index in [-0.39, 0.29) is 18.0 Å². The highest BCUT2D eigenvalue weighted by Crippen LogP contribution is 2.16. The summed E-state index contributed by atoms with van der Waals surface area (Å²) in [5, 5.41) is 8.85. The van der Waals surface area contributed by atoms with Crippen LogP contribution in [-0.2, 0) is 4.79 Å². The van der Waals surface area contributed by atoms with Gasteiger partial charge >= 0.3 is 6.03 Å². The Bertz CT molecular complexity index is 486. The molecule has 1 aliphatic heterocycles. The van der Waals surface area contributed by atoms with Crippen molar-refractivity contribution in [2.24, 2.45) is 5.73 Å². The summed E-state index contributed by atoms with van der Waals surface area (Å²) in [4.78, 5) is 21.8. The van der Waals surface area contributed by atoms with E-state index in [2.05, 4.69) is 22.9 Å². The van der Waals surface area contributed by atoms with Gasteiger partial charge in [-0.15, -0.1) is 0 Å². The summed E-state index contributed by atoms with van der Waals surface area (Å²) in [5.74, 6) is 0.131. The number of anilines is 1. The average Bonchev–Trinajstić information content (AvgIpc) is 2.82. The Morgan fingerprint density at radius 2 is 2.15 bits per heavy atom. The Labute approximate surface area is 118 Å². The minimum atomic E-state index is -0.569. The van der Waals surface area contributed by atoms with Crippen LogP contribution in [-0.4, -0.2) is 24.5 Å². The van der Waals surface area contributed by atoms with Gasteiger partial charge in [0.1, 0.15) is 0 Å². The number of hydrogen-bond acceptors (Lipinski definition) is 3. The molecular formula is C14H20N4O2. The fourth-order valence-electron chi connectivity index (χ4n) is 2.26. The van der Waals surface area contributed by atoms with E-state index in [0.717, 1.165) is 18.5 Å². The average molecular weight is 276 g/mol. The first-order valence-corrected chi connectivity index (χ1v) is 6.74. The first kappa shape index (κ1) is 14.3. The molecule has 1 heterocycles. The zero-order chi connectivity index (χ0) is 14.5. The molecule has 0 spiro atoms. The monoisotopic (exact) mass is 276 g/mol. The second-order valence-electron chi connectivity index (χ2n) is 5.04. The Balaban J connectivity index is 1.84. The van der Waals surface area contributed by atoms with Gasteiger partial charge in [0.2, 0.25) is 5.91 Å². The summed E-state index contributed by atoms with van der Waals surface area (Å²) in [6, 6.07) is 7.34. The number of hydrogen-bond donors (Lipinski definition) is 4. The van der Waals surface area contributed by atoms with E-state index in [1.54, 1.807) is 0 Å². The van der Waals surface area contributed by atoms with Crippen molar-refractivity contribution >= 4 is 17.6 Å². The van der Waals surface area contributed by atoms with E-state index < -0.39 is 6.03 Å². The zero-order valence-electron chi connectivity index (χ0n) is 11.5. The lowest BCUT2D eigenvalue weighted by Gasteiger charge is -2.18. The van der Waals surface area contributed by atoms with Gasteiger partial charge in [0, 0.05) is 30.7 Å². The van der Waals surface area contributed by atoms with Crippen LogP contribution in [0.15, 0.2) is 24.3 Å². The minimum absolute atomic E-state index is 0.131. The maximum absolute atomic E-state index is 11.1. The Hall–Kier alpha value is -2.08. The van der Waals surface area contributed by atoms with Crippen molar-refractivity contribution in [3.8, 4) is 0 Å². The number of nitrogens with one attached hydrogen (secondary N) is 3. The van der Waals surface area contributed by atoms with Gasteiger partial charge in [0.15, 0.2) is 0 Å². The maximum atomic E-state index is 11.1. The molecule has 1 aromatic carbocycles. The van der Waals surface area contributed by atoms with Crippen molar-refractivity contribution < 1.29 is 9.59 Å². The van der Waals surface area contributed by atoms with Gasteiger partial charge < -0.3 is 21.7 Å². The Kier molecular flexibility index (Phi) is 4.57. The fraction of sp³-hybridized carbons (Fsp3) is 0.429. The molecule has 6 nitrogen and oxygen atoms in total. The summed E-state index contributed by atoms with van der Waals surface area (Å²) in [6.07, 6.45) is 1.51. The molecule has 0 aromatic heterocycles. The predicted molar refractivity (Wildman–Crippen MR) is 77.2 cm³/mol. The van der Waals surface area contributed by atoms with Gasteiger partial charge in [0.05, 0.1) is 0 Å². The van der Waals surface area contributed by atoms with E-state index in [4.69, 9.17) is 5.73 Å². The molecule has 2 rings (SSSR count). The number of primary amides is 1. The molecule has 6 heteroatoms. The summed E-state index contributed by atoms with van der Waals surface area (Å²) in [7, 11) is 0. The molecule has 0 radical (unpaired) electrons. The van der Waals surface area contributed by atoms with Gasteiger partial charge in [-0.25, -0.2) is 4.79 Å². The van der Waals surface area contributed by atoms with Crippen LogP contribution >= 0.6 is 0 Å². The lowest BCUT2D eigenvalue weighted by molar-refractivity contribution is -0.119. The first-order valence-electron chi connectivity index (χ1n) is 6.74. The predicted octanol–water partition coefficient (Wildman–Crippen LogP) is 1.11. The second-order valence-corrected chi connectivity index (χ2v) is 5.04. The molecule has 2 unspecified atom stereocenters. The van der Waals surface area contributed by atoms with Crippen LogP contribution < -0.4 is 21.7 Å². The summed E-state index contributed by atoms with van der Waals surface area (Å²) in [5.41, 5.74) is 6.85. The number of nitrogens with two attached hydrogens (primary N) is 1. The Morgan fingerprint density at radius 3 is 2.70 bits per heavy atom. The molecule has 1 saturated heterocycles. The third kappa shape index (κ3) is 3.96. The molecule has 0 bridgehead atoms. The molecule has 1 aliphatic rings. The molecule has 108 valence electrons. The number of urea groups is 1. The van der Waals surface area contributed by atoms with Gasteiger partial charge in [-0.3, -0.25) is 4.79 Å². The third-order valence-electron chi connectivity index (χ3n) is 3.43. The van der Waals surface area contributed by atoms with Gasteiger partial charge in [-0.05, 0) is 31.0 Å². The lowest BCUT2D eigenvalue weighted by Crippen LogP contribution is -2.36. The SMILES string of the molecule is CC(NCC1CCC(=O)N1)c1ccc(NC(N)=O)cc1. The fourth-order valence-corrected chi connectivity index (χ4v) is 2.26. The maximum Gasteiger partial charge on any atom is 0.316 e. The van der Waals surface area contributed by atoms with E-state index in [9.17, 15) is 9.59 Å². The minimum Gasteiger partial charge on any atom is -0.352 e. The number of carbonyl (C=O) groups is 2. The number of benzene rings is 1. The topological polar surface area (TPSA) is 96.2 Å². The normalized spacial score (nSPS) is 19.4. The van der Waals surface area contributed by atoms with E-state index >= 15 is 0 Å². The van der Waals surface area contributed by atoms with Crippen molar-refractivity contribution in [3.05, 3.63) is 29.8 Å². The van der Waals surface area contributed by atoms with Crippen molar-refractivity contribution in [2.45, 2.75) is 31.8 Å². The number of rotatable bonds is 5. The standard InChI is InChI=1S/C14H20N4O2/c1-9(16-8-12-6-7-13(19)17-12)10-2-4-11(5-3-10)18-14(15)20/h2-5,9,12,16H,6-8H2,1H3,(H,17,19)(H3,15,18,20). The summed E-state index contributed by atoms with van der Waals surface area (Å²) < 4.78 is 0. The highest BCUT2D eigenvalue weighted by Gasteiger charge is 2.20. The molecule has 5 N–H and O–H groups in total. The number of carbonyl (C=O) groups excluding carboxylic acids is 2. The van der Waals surface area contributed by atoms with Crippen molar-refractivity contribution in [2.75, 3.05) is 11.9 Å². The van der Waals surface area contributed by atoms with Gasteiger partial charge in [0.25, 0.3) is 0 Å². The van der Waals surface area contributed by atoms with Crippen LogP contribution in [0.5, 0.6) is 0 Å². The van der Waals surface area contributed by atoms with E-state index in [0.29, 0.717) is 12.1 Å². The molecule has 1 aromatic rings. The number of amides is 3. The van der Waals surface area contributed by atoms with E-state index in [1.807, 2.05) is 24.3 Å². The van der Waals surface area contributed by atoms with Crippen molar-refractivity contribution in [1.82, 2.24) is 10.6 Å². The molecule has 2 atom stereocenters. The van der Waals surface area contributed by atoms with Gasteiger partial charge in [-0.2, -0.15) is 0 Å². The lowest BCUT2D eigenvalue weighted by atomic mass is 10.1. The first-order chi connectivity index (χ1) is 9.54. The molecular weight excluding hydrogens is 256 g/mol. The molecule has 1 fully saturated rings. The highest BCUT2D eigenvalue weighted by atomic mass is 16.2. The van der Waals surface area contributed by atoms with Crippen molar-refractivity contribution in [1.29, 1.82) is 0 Å². The zero-order valence-corrected chi connectivity index (χ0v) is 11.5. The van der Waals surface area contributed by atoms with Crippen LogP contribution in [0.2, 0.25) is 0 Å². The van der Waals surface area contributed by atoms with Crippen molar-refractivity contribution in [3.63, 3.8) is 0 Å². The van der Waals surface area contributed by atoms with Crippen LogP contribution in [0, 0.1) is 0 Å². The molecule has 3 amide bonds. The van der Waals surface area contributed by atoms with Crippen LogP contribution in [0.4, 0.5) is 10.5 Å². The highest BCUT2D eigenvalue weighted by molar-refractivity contribution is 5.87. The Morgan fingerprint density at radius 1 is 1.45 bits per heavy atom. The largest absolute Gasteiger partial charge is 0.352 e. The summed E-state index contributed by atoms with van der Waals surface area (Å²) >= 11 is 0. The quantitative estimate of drug-likeness (QED) is 0.648. The van der Waals surface area contributed by atoms with Crippen LogP contribution in [0.25, 0.3) is 0 Å². The van der Waals surface area contributed by atoms with Crippen LogP contribution in [0.3, 0.4) is 0 Å². The summed E-state index contributed by atoms with van der Waals surface area (Å²) in [6.45, 7) is 2.82. The van der Waals surface area contributed by atoms with Gasteiger partial charge in [-0.1, -0.05) is 12.1 Å². The molecule has 20 heavy (non-hydrogen) atoms. The molecule has 0 aliphatic carbocycles. The molecule has 0 saturated carbocycles. The smallest absolute Gasteiger partial charge is 0.316 e. The van der Waals surface area contributed by atoms with E-state index in [1.165, 1.54) is 0 Å². The third-order valence-corrected chi connectivity index (χ3v) is 3.43.